The summed E-state index contributed by atoms with van der Waals surface area (Å²) in [5.41, 5.74) is 1.27. The van der Waals surface area contributed by atoms with Gasteiger partial charge in [-0.25, -0.2) is 4.39 Å². The van der Waals surface area contributed by atoms with Crippen molar-refractivity contribution >= 4 is 5.78 Å². The average molecular weight is 194 g/mol. The summed E-state index contributed by atoms with van der Waals surface area (Å²) in [5.74, 6) is -0.0188. The van der Waals surface area contributed by atoms with E-state index in [1.807, 2.05) is 13.8 Å². The van der Waals surface area contributed by atoms with Crippen LogP contribution in [0.3, 0.4) is 0 Å². The van der Waals surface area contributed by atoms with Crippen molar-refractivity contribution in [3.63, 3.8) is 0 Å². The molecule has 1 aromatic carbocycles. The summed E-state index contributed by atoms with van der Waals surface area (Å²) in [6.07, 6.45) is -0.948. The second-order valence-electron chi connectivity index (χ2n) is 3.82. The summed E-state index contributed by atoms with van der Waals surface area (Å²) in [7, 11) is 0. The van der Waals surface area contributed by atoms with E-state index < -0.39 is 6.17 Å². The van der Waals surface area contributed by atoms with Crippen molar-refractivity contribution in [2.75, 3.05) is 0 Å². The van der Waals surface area contributed by atoms with Gasteiger partial charge in [0.25, 0.3) is 0 Å². The molecule has 14 heavy (non-hydrogen) atoms. The molecule has 0 N–H and O–H groups in total. The van der Waals surface area contributed by atoms with Crippen molar-refractivity contribution in [1.82, 2.24) is 0 Å². The molecule has 0 fully saturated rings. The summed E-state index contributed by atoms with van der Waals surface area (Å²) in [6, 6.07) is 6.71. The van der Waals surface area contributed by atoms with Gasteiger partial charge in [0.15, 0.2) is 5.78 Å². The molecule has 0 aliphatic carbocycles. The van der Waals surface area contributed by atoms with E-state index in [2.05, 4.69) is 0 Å². The first-order chi connectivity index (χ1) is 6.52. The van der Waals surface area contributed by atoms with E-state index in [4.69, 9.17) is 0 Å². The van der Waals surface area contributed by atoms with Crippen LogP contribution in [-0.2, 0) is 0 Å². The molecule has 76 valence electrons. The van der Waals surface area contributed by atoms with Crippen LogP contribution in [0.1, 0.15) is 42.9 Å². The third kappa shape index (κ3) is 2.41. The molecule has 0 amide bonds. The Morgan fingerprint density at radius 2 is 1.71 bits per heavy atom. The fourth-order valence-corrected chi connectivity index (χ4v) is 1.29. The van der Waals surface area contributed by atoms with Gasteiger partial charge in [-0.3, -0.25) is 4.79 Å². The molecular weight excluding hydrogens is 179 g/mol. The third-order valence-electron chi connectivity index (χ3n) is 2.22. The molecule has 0 aromatic heterocycles. The molecule has 1 aromatic rings. The molecule has 0 aliphatic rings. The van der Waals surface area contributed by atoms with Crippen molar-refractivity contribution in [2.45, 2.75) is 26.9 Å². The standard InChI is InChI=1S/C12H15FO/c1-8(2)12(13)11-6-4-10(5-7-11)9(3)14/h4-8,12H,1-3H3. The Morgan fingerprint density at radius 3 is 2.07 bits per heavy atom. The predicted octanol–water partition coefficient (Wildman–Crippen LogP) is 3.56. The number of hydrogen-bond donors (Lipinski definition) is 0. The molecule has 0 heterocycles. The maximum absolute atomic E-state index is 13.5. The number of alkyl halides is 1. The average Bonchev–Trinajstić information content (AvgIpc) is 2.16. The molecule has 0 radical (unpaired) electrons. The van der Waals surface area contributed by atoms with Crippen molar-refractivity contribution in [3.05, 3.63) is 35.4 Å². The summed E-state index contributed by atoms with van der Waals surface area (Å²) in [4.78, 5) is 11.0. The minimum Gasteiger partial charge on any atom is -0.295 e. The van der Waals surface area contributed by atoms with Gasteiger partial charge in [0, 0.05) is 5.56 Å². The van der Waals surface area contributed by atoms with Gasteiger partial charge in [0.1, 0.15) is 6.17 Å². The second-order valence-corrected chi connectivity index (χ2v) is 3.82. The highest BCUT2D eigenvalue weighted by Crippen LogP contribution is 2.25. The summed E-state index contributed by atoms with van der Waals surface area (Å²) >= 11 is 0. The van der Waals surface area contributed by atoms with Crippen LogP contribution in [0, 0.1) is 5.92 Å². The highest BCUT2D eigenvalue weighted by molar-refractivity contribution is 5.94. The first-order valence-corrected chi connectivity index (χ1v) is 4.77. The maximum Gasteiger partial charge on any atom is 0.159 e. The number of ketones is 1. The Bertz CT molecular complexity index is 314. The molecule has 0 saturated heterocycles. The van der Waals surface area contributed by atoms with Gasteiger partial charge in [0.2, 0.25) is 0 Å². The van der Waals surface area contributed by atoms with Gasteiger partial charge in [-0.05, 0) is 18.4 Å². The first-order valence-electron chi connectivity index (χ1n) is 4.77. The molecule has 0 saturated carbocycles. The molecule has 0 spiro atoms. The lowest BCUT2D eigenvalue weighted by Gasteiger charge is -2.12. The SMILES string of the molecule is CC(=O)c1ccc(C(F)C(C)C)cc1. The Morgan fingerprint density at radius 1 is 1.21 bits per heavy atom. The molecular formula is C12H15FO. The van der Waals surface area contributed by atoms with Crippen LogP contribution in [-0.4, -0.2) is 5.78 Å². The lowest BCUT2D eigenvalue weighted by atomic mass is 9.99. The maximum atomic E-state index is 13.5. The number of carbonyl (C=O) groups excluding carboxylic acids is 1. The van der Waals surface area contributed by atoms with Crippen LogP contribution in [0.25, 0.3) is 0 Å². The first kappa shape index (κ1) is 10.9. The number of Topliss-reactive ketones (excluding diaryl/α,β-unsaturated/α-hetero) is 1. The lowest BCUT2D eigenvalue weighted by Crippen LogP contribution is -2.01. The van der Waals surface area contributed by atoms with E-state index in [9.17, 15) is 9.18 Å². The Balaban J connectivity index is 2.88. The normalized spacial score (nSPS) is 12.9. The lowest BCUT2D eigenvalue weighted by molar-refractivity contribution is 0.101. The number of hydrogen-bond acceptors (Lipinski definition) is 1. The van der Waals surface area contributed by atoms with Crippen LogP contribution in [0.2, 0.25) is 0 Å². The second kappa shape index (κ2) is 4.36. The zero-order valence-electron chi connectivity index (χ0n) is 8.75. The number of carbonyl (C=O) groups is 1. The molecule has 0 bridgehead atoms. The monoisotopic (exact) mass is 194 g/mol. The van der Waals surface area contributed by atoms with Crippen molar-refractivity contribution in [2.24, 2.45) is 5.92 Å². The van der Waals surface area contributed by atoms with Crippen molar-refractivity contribution in [1.29, 1.82) is 0 Å². The molecule has 1 nitrogen and oxygen atoms in total. The van der Waals surface area contributed by atoms with E-state index >= 15 is 0 Å². The highest BCUT2D eigenvalue weighted by Gasteiger charge is 2.13. The molecule has 1 rings (SSSR count). The van der Waals surface area contributed by atoms with Crippen molar-refractivity contribution in [3.8, 4) is 0 Å². The Hall–Kier alpha value is -1.18. The van der Waals surface area contributed by atoms with Gasteiger partial charge in [-0.1, -0.05) is 38.1 Å². The van der Waals surface area contributed by atoms with Crippen molar-refractivity contribution < 1.29 is 9.18 Å². The molecule has 1 atom stereocenters. The summed E-state index contributed by atoms with van der Waals surface area (Å²) in [6.45, 7) is 5.18. The van der Waals surface area contributed by atoms with Crippen LogP contribution < -0.4 is 0 Å². The van der Waals surface area contributed by atoms with Gasteiger partial charge in [-0.2, -0.15) is 0 Å². The third-order valence-corrected chi connectivity index (χ3v) is 2.22. The minimum atomic E-state index is -0.948. The van der Waals surface area contributed by atoms with Gasteiger partial charge in [-0.15, -0.1) is 0 Å². The van der Waals surface area contributed by atoms with Crippen LogP contribution >= 0.6 is 0 Å². The highest BCUT2D eigenvalue weighted by atomic mass is 19.1. The zero-order chi connectivity index (χ0) is 10.7. The topological polar surface area (TPSA) is 17.1 Å². The van der Waals surface area contributed by atoms with Crippen LogP contribution in [0.4, 0.5) is 4.39 Å². The Labute approximate surface area is 83.9 Å². The van der Waals surface area contributed by atoms with E-state index in [1.165, 1.54) is 6.92 Å². The quantitative estimate of drug-likeness (QED) is 0.672. The van der Waals surface area contributed by atoms with Gasteiger partial charge >= 0.3 is 0 Å². The zero-order valence-corrected chi connectivity index (χ0v) is 8.75. The van der Waals surface area contributed by atoms with E-state index in [1.54, 1.807) is 24.3 Å². The van der Waals surface area contributed by atoms with E-state index in [0.29, 0.717) is 11.1 Å². The van der Waals surface area contributed by atoms with Gasteiger partial charge in [0.05, 0.1) is 0 Å². The molecule has 1 unspecified atom stereocenters. The fourth-order valence-electron chi connectivity index (χ4n) is 1.29. The van der Waals surface area contributed by atoms with Crippen LogP contribution in [0.15, 0.2) is 24.3 Å². The molecule has 2 heteroatoms. The van der Waals surface area contributed by atoms with E-state index in [-0.39, 0.29) is 11.7 Å². The molecule has 0 aliphatic heterocycles. The predicted molar refractivity (Wildman–Crippen MR) is 55.1 cm³/mol. The summed E-state index contributed by atoms with van der Waals surface area (Å²) < 4.78 is 13.5. The van der Waals surface area contributed by atoms with Gasteiger partial charge < -0.3 is 0 Å². The number of halogens is 1. The number of rotatable bonds is 3. The van der Waals surface area contributed by atoms with Crippen LogP contribution in [0.5, 0.6) is 0 Å². The fraction of sp³-hybridized carbons (Fsp3) is 0.417. The van der Waals surface area contributed by atoms with E-state index in [0.717, 1.165) is 0 Å². The number of benzene rings is 1. The largest absolute Gasteiger partial charge is 0.295 e. The summed E-state index contributed by atoms with van der Waals surface area (Å²) in [5, 5.41) is 0. The smallest absolute Gasteiger partial charge is 0.159 e. The minimum absolute atomic E-state index is 0.0107. The Kier molecular flexibility index (Phi) is 3.39.